The lowest BCUT2D eigenvalue weighted by Crippen LogP contribution is -2.12. The van der Waals surface area contributed by atoms with E-state index in [9.17, 15) is 4.79 Å². The second kappa shape index (κ2) is 11.0. The number of carbonyl (C=O) groups is 1. The van der Waals surface area contributed by atoms with Crippen LogP contribution in [0.4, 0.5) is 5.69 Å². The predicted molar refractivity (Wildman–Crippen MR) is 115 cm³/mol. The first-order valence-corrected chi connectivity index (χ1v) is 10.3. The van der Waals surface area contributed by atoms with Crippen molar-refractivity contribution in [3.63, 3.8) is 0 Å². The van der Waals surface area contributed by atoms with Crippen LogP contribution in [0.25, 0.3) is 0 Å². The van der Waals surface area contributed by atoms with Gasteiger partial charge in [-0.3, -0.25) is 4.79 Å². The van der Waals surface area contributed by atoms with E-state index in [1.807, 2.05) is 0 Å². The highest BCUT2D eigenvalue weighted by Crippen LogP contribution is 2.35. The van der Waals surface area contributed by atoms with Crippen LogP contribution in [0.5, 0.6) is 5.75 Å². The van der Waals surface area contributed by atoms with E-state index in [1.54, 1.807) is 18.2 Å². The second-order valence-corrected chi connectivity index (χ2v) is 7.77. The molecular weight excluding hydrogens is 428 g/mol. The van der Waals surface area contributed by atoms with Crippen LogP contribution in [0.1, 0.15) is 49.4 Å². The summed E-state index contributed by atoms with van der Waals surface area (Å²) in [5.74, 6) is 0.0176. The molecule has 0 aliphatic carbocycles. The molecule has 2 rings (SSSR count). The number of ether oxygens (including phenoxy) is 1. The average molecular weight is 449 g/mol. The van der Waals surface area contributed by atoms with Gasteiger partial charge in [-0.15, -0.1) is 0 Å². The quantitative estimate of drug-likeness (QED) is 0.395. The van der Waals surface area contributed by atoms with Crippen molar-refractivity contribution in [3.05, 3.63) is 56.0 Å². The lowest BCUT2D eigenvalue weighted by atomic mass is 10.1. The van der Waals surface area contributed by atoms with Crippen molar-refractivity contribution >= 4 is 58.0 Å². The Kier molecular flexibility index (Phi) is 9.04. The number of unbranched alkanes of at least 4 members (excludes halogenated alkanes) is 4. The SMILES string of the molecule is CCCCCCCOc1c(Cl)cc(C(=O)Nc2ccc(Cl)cc2Cl)cc1Cl. The summed E-state index contributed by atoms with van der Waals surface area (Å²) in [5, 5.41) is 4.13. The maximum Gasteiger partial charge on any atom is 0.255 e. The van der Waals surface area contributed by atoms with Gasteiger partial charge in [0.1, 0.15) is 0 Å². The molecule has 27 heavy (non-hydrogen) atoms. The molecule has 0 spiro atoms. The maximum atomic E-state index is 12.5. The predicted octanol–water partition coefficient (Wildman–Crippen LogP) is 7.90. The molecule has 1 N–H and O–H groups in total. The number of nitrogens with one attached hydrogen (secondary N) is 1. The monoisotopic (exact) mass is 447 g/mol. The summed E-state index contributed by atoms with van der Waals surface area (Å²) >= 11 is 24.5. The van der Waals surface area contributed by atoms with E-state index in [0.717, 1.165) is 12.8 Å². The molecule has 0 aliphatic heterocycles. The zero-order chi connectivity index (χ0) is 19.8. The molecule has 0 saturated carbocycles. The van der Waals surface area contributed by atoms with Gasteiger partial charge >= 0.3 is 0 Å². The highest BCUT2D eigenvalue weighted by Gasteiger charge is 2.15. The van der Waals surface area contributed by atoms with Crippen molar-refractivity contribution in [1.29, 1.82) is 0 Å². The molecule has 0 bridgehead atoms. The first kappa shape index (κ1) is 22.2. The number of anilines is 1. The minimum absolute atomic E-state index is 0.295. The number of hydrogen-bond donors (Lipinski definition) is 1. The van der Waals surface area contributed by atoms with Crippen molar-refractivity contribution < 1.29 is 9.53 Å². The van der Waals surface area contributed by atoms with Crippen molar-refractivity contribution in [1.82, 2.24) is 0 Å². The molecule has 0 radical (unpaired) electrons. The third-order valence-electron chi connectivity index (χ3n) is 3.93. The van der Waals surface area contributed by atoms with Crippen LogP contribution >= 0.6 is 46.4 Å². The summed E-state index contributed by atoms with van der Waals surface area (Å²) in [7, 11) is 0. The molecular formula is C20H21Cl4NO2. The van der Waals surface area contributed by atoms with Gasteiger partial charge in [-0.25, -0.2) is 0 Å². The normalized spacial score (nSPS) is 10.7. The molecule has 0 fully saturated rings. The largest absolute Gasteiger partial charge is 0.490 e. The maximum absolute atomic E-state index is 12.5. The summed E-state index contributed by atoms with van der Waals surface area (Å²) in [4.78, 5) is 12.5. The van der Waals surface area contributed by atoms with Gasteiger partial charge in [0, 0.05) is 10.6 Å². The smallest absolute Gasteiger partial charge is 0.255 e. The number of amides is 1. The van der Waals surface area contributed by atoms with Crippen LogP contribution in [-0.2, 0) is 0 Å². The average Bonchev–Trinajstić information content (AvgIpc) is 2.62. The van der Waals surface area contributed by atoms with Crippen LogP contribution in [0.15, 0.2) is 30.3 Å². The van der Waals surface area contributed by atoms with Crippen LogP contribution in [0, 0.1) is 0 Å². The molecule has 146 valence electrons. The first-order valence-electron chi connectivity index (χ1n) is 8.80. The summed E-state index contributed by atoms with van der Waals surface area (Å²) in [6.07, 6.45) is 5.65. The lowest BCUT2D eigenvalue weighted by molar-refractivity contribution is 0.102. The van der Waals surface area contributed by atoms with Gasteiger partial charge in [-0.1, -0.05) is 79.0 Å². The van der Waals surface area contributed by atoms with E-state index in [0.29, 0.717) is 43.7 Å². The molecule has 0 atom stereocenters. The highest BCUT2D eigenvalue weighted by atomic mass is 35.5. The van der Waals surface area contributed by atoms with Crippen molar-refractivity contribution in [3.8, 4) is 5.75 Å². The number of benzene rings is 2. The first-order chi connectivity index (χ1) is 12.9. The molecule has 7 heteroatoms. The fraction of sp³-hybridized carbons (Fsp3) is 0.350. The Morgan fingerprint density at radius 2 is 1.59 bits per heavy atom. The van der Waals surface area contributed by atoms with E-state index in [2.05, 4.69) is 12.2 Å². The van der Waals surface area contributed by atoms with Crippen LogP contribution in [-0.4, -0.2) is 12.5 Å². The van der Waals surface area contributed by atoms with E-state index in [1.165, 1.54) is 31.4 Å². The van der Waals surface area contributed by atoms with E-state index < -0.39 is 0 Å². The Bertz CT molecular complexity index is 773. The highest BCUT2D eigenvalue weighted by molar-refractivity contribution is 6.38. The zero-order valence-corrected chi connectivity index (χ0v) is 18.0. The third-order valence-corrected chi connectivity index (χ3v) is 5.04. The minimum atomic E-state index is -0.380. The second-order valence-electron chi connectivity index (χ2n) is 6.11. The van der Waals surface area contributed by atoms with Crippen LogP contribution < -0.4 is 10.1 Å². The van der Waals surface area contributed by atoms with Crippen LogP contribution in [0.2, 0.25) is 20.1 Å². The van der Waals surface area contributed by atoms with Crippen molar-refractivity contribution in [2.75, 3.05) is 11.9 Å². The summed E-state index contributed by atoms with van der Waals surface area (Å²) in [6.45, 7) is 2.71. The van der Waals surface area contributed by atoms with Gasteiger partial charge in [0.25, 0.3) is 5.91 Å². The summed E-state index contributed by atoms with van der Waals surface area (Å²) < 4.78 is 5.70. The molecule has 0 saturated heterocycles. The van der Waals surface area contributed by atoms with E-state index in [4.69, 9.17) is 51.1 Å². The molecule has 0 unspecified atom stereocenters. The standard InChI is InChI=1S/C20H21Cl4NO2/c1-2-3-4-5-6-9-27-19-16(23)10-13(11-17(19)24)20(26)25-18-8-7-14(21)12-15(18)22/h7-8,10-12H,2-6,9H2,1H3,(H,25,26). The summed E-state index contributed by atoms with van der Waals surface area (Å²) in [6, 6.07) is 7.87. The molecule has 3 nitrogen and oxygen atoms in total. The Morgan fingerprint density at radius 3 is 2.22 bits per heavy atom. The van der Waals surface area contributed by atoms with Gasteiger partial charge in [0.05, 0.1) is 27.4 Å². The number of carbonyl (C=O) groups excluding carboxylic acids is 1. The fourth-order valence-electron chi connectivity index (χ4n) is 2.49. The fourth-order valence-corrected chi connectivity index (χ4v) is 3.55. The van der Waals surface area contributed by atoms with Gasteiger partial charge in [-0.2, -0.15) is 0 Å². The number of rotatable bonds is 9. The van der Waals surface area contributed by atoms with Gasteiger partial charge in [0.15, 0.2) is 5.75 Å². The lowest BCUT2D eigenvalue weighted by Gasteiger charge is -2.12. The molecule has 2 aromatic rings. The van der Waals surface area contributed by atoms with Crippen LogP contribution in [0.3, 0.4) is 0 Å². The number of hydrogen-bond acceptors (Lipinski definition) is 2. The molecule has 1 amide bonds. The van der Waals surface area contributed by atoms with Crippen molar-refractivity contribution in [2.45, 2.75) is 39.0 Å². The molecule has 0 heterocycles. The Hall–Kier alpha value is -1.13. The number of halogens is 4. The Labute approximate surface area is 179 Å². The van der Waals surface area contributed by atoms with Gasteiger partial charge in [-0.05, 0) is 36.8 Å². The zero-order valence-electron chi connectivity index (χ0n) is 15.0. The van der Waals surface area contributed by atoms with Gasteiger partial charge in [0.2, 0.25) is 0 Å². The Morgan fingerprint density at radius 1 is 0.926 bits per heavy atom. The Balaban J connectivity index is 2.01. The third kappa shape index (κ3) is 6.76. The van der Waals surface area contributed by atoms with E-state index >= 15 is 0 Å². The minimum Gasteiger partial charge on any atom is -0.490 e. The van der Waals surface area contributed by atoms with Gasteiger partial charge < -0.3 is 10.1 Å². The van der Waals surface area contributed by atoms with Crippen molar-refractivity contribution in [2.24, 2.45) is 0 Å². The summed E-state index contributed by atoms with van der Waals surface area (Å²) in [5.41, 5.74) is 0.761. The molecule has 0 aliphatic rings. The topological polar surface area (TPSA) is 38.3 Å². The molecule has 2 aromatic carbocycles. The van der Waals surface area contributed by atoms with E-state index in [-0.39, 0.29) is 5.91 Å². The molecule has 0 aromatic heterocycles.